The number of carbonyl (C=O) groups is 2. The molecule has 28 heavy (non-hydrogen) atoms. The van der Waals surface area contributed by atoms with E-state index in [0.29, 0.717) is 11.8 Å². The molecular formula is C18H15Br2FO6S. The van der Waals surface area contributed by atoms with Crippen LogP contribution in [0, 0.1) is 5.82 Å². The lowest BCUT2D eigenvalue weighted by atomic mass is 10.1. The highest BCUT2D eigenvalue weighted by atomic mass is 79.9. The Morgan fingerprint density at radius 1 is 1.21 bits per heavy atom. The van der Waals surface area contributed by atoms with Crippen LogP contribution in [0.2, 0.25) is 0 Å². The molecule has 0 heterocycles. The number of ether oxygens (including phenoxy) is 1. The predicted molar refractivity (Wildman–Crippen MR) is 106 cm³/mol. The molecule has 0 atom stereocenters. The zero-order chi connectivity index (χ0) is 20.9. The van der Waals surface area contributed by atoms with Gasteiger partial charge in [-0.05, 0) is 29.8 Å². The molecule has 0 saturated carbocycles. The zero-order valence-electron chi connectivity index (χ0n) is 14.3. The van der Waals surface area contributed by atoms with Gasteiger partial charge in [0.1, 0.15) is 12.1 Å². The van der Waals surface area contributed by atoms with E-state index < -0.39 is 44.4 Å². The topological polar surface area (TPSA) is 97.7 Å². The van der Waals surface area contributed by atoms with Crippen LogP contribution in [0.15, 0.2) is 44.2 Å². The second-order valence-corrected chi connectivity index (χ2v) is 9.45. The largest absolute Gasteiger partial charge is 0.465 e. The lowest BCUT2D eigenvalue weighted by molar-refractivity contribution is -0.140. The van der Waals surface area contributed by atoms with Gasteiger partial charge in [-0.25, -0.2) is 12.8 Å². The minimum Gasteiger partial charge on any atom is -0.465 e. The number of benzene rings is 2. The van der Waals surface area contributed by atoms with Crippen LogP contribution < -0.4 is 0 Å². The van der Waals surface area contributed by atoms with E-state index in [-0.39, 0.29) is 17.5 Å². The highest BCUT2D eigenvalue weighted by Gasteiger charge is 2.25. The normalized spacial score (nSPS) is 11.3. The zero-order valence-corrected chi connectivity index (χ0v) is 18.3. The molecule has 0 saturated heterocycles. The first-order valence-electron chi connectivity index (χ1n) is 7.88. The molecule has 2 rings (SSSR count). The number of halogens is 3. The van der Waals surface area contributed by atoms with Gasteiger partial charge < -0.3 is 9.84 Å². The van der Waals surface area contributed by atoms with Crippen molar-refractivity contribution in [3.05, 3.63) is 61.8 Å². The van der Waals surface area contributed by atoms with E-state index in [1.807, 2.05) is 0 Å². The molecule has 0 amide bonds. The average Bonchev–Trinajstić information content (AvgIpc) is 2.62. The second kappa shape index (κ2) is 9.73. The van der Waals surface area contributed by atoms with Gasteiger partial charge in [0.25, 0.3) is 0 Å². The number of aliphatic hydroxyl groups excluding tert-OH is 1. The first-order chi connectivity index (χ1) is 13.2. The molecule has 0 aliphatic heterocycles. The number of aldehydes is 1. The highest BCUT2D eigenvalue weighted by Crippen LogP contribution is 2.26. The lowest BCUT2D eigenvalue weighted by Gasteiger charge is -2.11. The summed E-state index contributed by atoms with van der Waals surface area (Å²) in [6.45, 7) is -0.932. The fourth-order valence-electron chi connectivity index (χ4n) is 2.42. The molecule has 0 aliphatic carbocycles. The minimum absolute atomic E-state index is 0.102. The summed E-state index contributed by atoms with van der Waals surface area (Å²) in [5.74, 6) is -2.90. The van der Waals surface area contributed by atoms with E-state index in [1.165, 1.54) is 0 Å². The Morgan fingerprint density at radius 3 is 2.57 bits per heavy atom. The third-order valence-electron chi connectivity index (χ3n) is 3.76. The van der Waals surface area contributed by atoms with Gasteiger partial charge in [-0.2, -0.15) is 0 Å². The molecule has 150 valence electrons. The predicted octanol–water partition coefficient (Wildman–Crippen LogP) is 3.22. The maximum atomic E-state index is 13.9. The molecule has 0 unspecified atom stereocenters. The number of esters is 1. The Kier molecular flexibility index (Phi) is 7.87. The van der Waals surface area contributed by atoms with Crippen molar-refractivity contribution < 1.29 is 32.2 Å². The number of aliphatic hydroxyl groups is 1. The highest BCUT2D eigenvalue weighted by molar-refractivity contribution is 9.10. The van der Waals surface area contributed by atoms with Crippen molar-refractivity contribution >= 4 is 54.0 Å². The third kappa shape index (κ3) is 5.69. The molecule has 0 aromatic heterocycles. The lowest BCUT2D eigenvalue weighted by Crippen LogP contribution is -2.21. The Labute approximate surface area is 177 Å². The summed E-state index contributed by atoms with van der Waals surface area (Å²) >= 11 is 6.31. The van der Waals surface area contributed by atoms with Crippen molar-refractivity contribution in [3.8, 4) is 0 Å². The van der Waals surface area contributed by atoms with E-state index in [0.717, 1.165) is 22.2 Å². The Balaban J connectivity index is 2.06. The molecule has 0 aliphatic rings. The van der Waals surface area contributed by atoms with E-state index in [9.17, 15) is 27.5 Å². The standard InChI is InChI=1S/C18H15Br2FO6S/c19-13-6-16(21)14(9-23)17(7-13)28(25,26)10-18(24)27-4-3-12-5-11(8-22)1-2-15(12)20/h1-2,5-8,23H,3-4,9-10H2. The summed E-state index contributed by atoms with van der Waals surface area (Å²) < 4.78 is 44.6. The molecule has 0 fully saturated rings. The Morgan fingerprint density at radius 2 is 1.93 bits per heavy atom. The van der Waals surface area contributed by atoms with E-state index in [2.05, 4.69) is 31.9 Å². The van der Waals surface area contributed by atoms with Crippen LogP contribution in [-0.2, 0) is 32.4 Å². The number of hydrogen-bond acceptors (Lipinski definition) is 6. The number of rotatable bonds is 8. The summed E-state index contributed by atoms with van der Waals surface area (Å²) in [6, 6.07) is 7.07. The quantitative estimate of drug-likeness (QED) is 0.410. The average molecular weight is 538 g/mol. The fraction of sp³-hybridized carbons (Fsp3) is 0.222. The first-order valence-corrected chi connectivity index (χ1v) is 11.1. The summed E-state index contributed by atoms with van der Waals surface area (Å²) in [5, 5.41) is 9.26. The van der Waals surface area contributed by atoms with Crippen LogP contribution in [0.5, 0.6) is 0 Å². The summed E-state index contributed by atoms with van der Waals surface area (Å²) in [5.41, 5.74) is 0.766. The summed E-state index contributed by atoms with van der Waals surface area (Å²) in [7, 11) is -4.22. The third-order valence-corrected chi connectivity index (χ3v) is 6.64. The molecule has 1 N–H and O–H groups in total. The van der Waals surface area contributed by atoms with Crippen LogP contribution >= 0.6 is 31.9 Å². The maximum absolute atomic E-state index is 13.9. The van der Waals surface area contributed by atoms with Crippen molar-refractivity contribution in [2.75, 3.05) is 12.4 Å². The maximum Gasteiger partial charge on any atom is 0.321 e. The van der Waals surface area contributed by atoms with Gasteiger partial charge in [0.05, 0.1) is 18.1 Å². The van der Waals surface area contributed by atoms with Gasteiger partial charge in [0.15, 0.2) is 15.6 Å². The van der Waals surface area contributed by atoms with Gasteiger partial charge in [0, 0.05) is 26.5 Å². The van der Waals surface area contributed by atoms with Crippen molar-refractivity contribution in [1.29, 1.82) is 0 Å². The van der Waals surface area contributed by atoms with Gasteiger partial charge in [-0.3, -0.25) is 9.59 Å². The minimum atomic E-state index is -4.22. The Bertz CT molecular complexity index is 1010. The van der Waals surface area contributed by atoms with E-state index in [1.54, 1.807) is 18.2 Å². The SMILES string of the molecule is O=Cc1ccc(Br)c(CCOC(=O)CS(=O)(=O)c2cc(Br)cc(F)c2CO)c1. The number of carbonyl (C=O) groups excluding carboxylic acids is 2. The number of hydrogen-bond donors (Lipinski definition) is 1. The molecule has 0 spiro atoms. The molecule has 10 heteroatoms. The summed E-state index contributed by atoms with van der Waals surface area (Å²) in [6.07, 6.45) is 0.950. The van der Waals surface area contributed by atoms with Crippen molar-refractivity contribution in [1.82, 2.24) is 0 Å². The first kappa shape index (κ1) is 22.7. The molecule has 2 aromatic rings. The monoisotopic (exact) mass is 536 g/mol. The van der Waals surface area contributed by atoms with Gasteiger partial charge >= 0.3 is 5.97 Å². The van der Waals surface area contributed by atoms with Crippen LogP contribution in [0.3, 0.4) is 0 Å². The second-order valence-electron chi connectivity index (χ2n) is 5.72. The molecule has 2 aromatic carbocycles. The molecule has 0 bridgehead atoms. The van der Waals surface area contributed by atoms with Crippen molar-refractivity contribution in [3.63, 3.8) is 0 Å². The van der Waals surface area contributed by atoms with Gasteiger partial charge in [0.2, 0.25) is 0 Å². The Hall–Kier alpha value is -1.62. The smallest absolute Gasteiger partial charge is 0.321 e. The van der Waals surface area contributed by atoms with Crippen LogP contribution in [0.25, 0.3) is 0 Å². The molecular weight excluding hydrogens is 523 g/mol. The van der Waals surface area contributed by atoms with Gasteiger partial charge in [-0.1, -0.05) is 37.9 Å². The molecule has 6 nitrogen and oxygen atoms in total. The van der Waals surface area contributed by atoms with Gasteiger partial charge in [-0.15, -0.1) is 0 Å². The van der Waals surface area contributed by atoms with Crippen molar-refractivity contribution in [2.45, 2.75) is 17.9 Å². The van der Waals surface area contributed by atoms with Crippen molar-refractivity contribution in [2.24, 2.45) is 0 Å². The van der Waals surface area contributed by atoms with Crippen LogP contribution in [0.1, 0.15) is 21.5 Å². The summed E-state index contributed by atoms with van der Waals surface area (Å²) in [4.78, 5) is 22.3. The van der Waals surface area contributed by atoms with E-state index >= 15 is 0 Å². The molecule has 0 radical (unpaired) electrons. The fourth-order valence-corrected chi connectivity index (χ4v) is 4.84. The number of sulfone groups is 1. The van der Waals surface area contributed by atoms with Crippen LogP contribution in [0.4, 0.5) is 4.39 Å². The van der Waals surface area contributed by atoms with E-state index in [4.69, 9.17) is 4.74 Å². The van der Waals surface area contributed by atoms with Crippen LogP contribution in [-0.4, -0.2) is 38.1 Å².